The molecule has 0 atom stereocenters. The van der Waals surface area contributed by atoms with Gasteiger partial charge in [0.2, 0.25) is 0 Å². The molecule has 1 heterocycles. The Bertz CT molecular complexity index is 461. The van der Waals surface area contributed by atoms with Crippen molar-refractivity contribution in [1.82, 2.24) is 5.32 Å². The maximum absolute atomic E-state index is 13.4. The Kier molecular flexibility index (Phi) is 4.03. The van der Waals surface area contributed by atoms with E-state index in [1.54, 1.807) is 0 Å². The molecule has 2 rings (SSSR count). The summed E-state index contributed by atoms with van der Waals surface area (Å²) in [4.78, 5) is 2.22. The second-order valence-corrected chi connectivity index (χ2v) is 4.51. The highest BCUT2D eigenvalue weighted by atomic mass is 19.1. The molecule has 1 aromatic carbocycles. The monoisotopic (exact) mass is 246 g/mol. The molecule has 0 unspecified atom stereocenters. The molecule has 1 aromatic rings. The van der Waals surface area contributed by atoms with Crippen LogP contribution in [0.15, 0.2) is 48.6 Å². The van der Waals surface area contributed by atoms with Crippen LogP contribution in [0.1, 0.15) is 18.9 Å². The molecule has 0 fully saturated rings. The van der Waals surface area contributed by atoms with Crippen LogP contribution in [0.5, 0.6) is 0 Å². The first-order chi connectivity index (χ1) is 8.72. The van der Waals surface area contributed by atoms with Crippen LogP contribution < -0.4 is 10.2 Å². The summed E-state index contributed by atoms with van der Waals surface area (Å²) in [7, 11) is 0. The first-order valence-electron chi connectivity index (χ1n) is 6.28. The molecule has 0 radical (unpaired) electrons. The van der Waals surface area contributed by atoms with Gasteiger partial charge < -0.3 is 10.2 Å². The van der Waals surface area contributed by atoms with Gasteiger partial charge in [-0.15, -0.1) is 0 Å². The first-order valence-corrected chi connectivity index (χ1v) is 6.28. The van der Waals surface area contributed by atoms with E-state index in [-0.39, 0.29) is 5.83 Å². The quantitative estimate of drug-likeness (QED) is 0.876. The van der Waals surface area contributed by atoms with Crippen molar-refractivity contribution in [1.29, 1.82) is 0 Å². The highest BCUT2D eigenvalue weighted by Gasteiger charge is 2.17. The van der Waals surface area contributed by atoms with Crippen LogP contribution in [-0.4, -0.2) is 13.1 Å². The van der Waals surface area contributed by atoms with Crippen LogP contribution >= 0.6 is 0 Å². The van der Waals surface area contributed by atoms with Crippen molar-refractivity contribution < 1.29 is 4.39 Å². The number of fused-ring (bicyclic) bond motifs is 1. The normalized spacial score (nSPS) is 15.8. The molecule has 18 heavy (non-hydrogen) atoms. The number of hydrogen-bond donors (Lipinski definition) is 1. The SMILES string of the molecule is C=CN/C(CN1CCCc2ccccc21)=C(\C)F. The number of halogens is 1. The number of aryl methyl sites for hydroxylation is 1. The highest BCUT2D eigenvalue weighted by Crippen LogP contribution is 2.27. The van der Waals surface area contributed by atoms with Crippen LogP contribution in [0.3, 0.4) is 0 Å². The number of nitrogens with zero attached hydrogens (tertiary/aromatic N) is 1. The number of benzene rings is 1. The van der Waals surface area contributed by atoms with Gasteiger partial charge in [0, 0.05) is 12.2 Å². The predicted molar refractivity (Wildman–Crippen MR) is 74.1 cm³/mol. The largest absolute Gasteiger partial charge is 0.365 e. The number of anilines is 1. The number of rotatable bonds is 4. The predicted octanol–water partition coefficient (Wildman–Crippen LogP) is 3.37. The van der Waals surface area contributed by atoms with E-state index in [1.807, 2.05) is 6.07 Å². The molecule has 0 spiro atoms. The summed E-state index contributed by atoms with van der Waals surface area (Å²) in [6.45, 7) is 6.59. The van der Waals surface area contributed by atoms with Gasteiger partial charge >= 0.3 is 0 Å². The van der Waals surface area contributed by atoms with Gasteiger partial charge in [-0.2, -0.15) is 0 Å². The van der Waals surface area contributed by atoms with E-state index in [9.17, 15) is 4.39 Å². The summed E-state index contributed by atoms with van der Waals surface area (Å²) in [5.74, 6) is -0.182. The van der Waals surface area contributed by atoms with E-state index >= 15 is 0 Å². The molecule has 1 aliphatic rings. The first kappa shape index (κ1) is 12.7. The fourth-order valence-electron chi connectivity index (χ4n) is 2.34. The van der Waals surface area contributed by atoms with Crippen LogP contribution in [0.25, 0.3) is 0 Å². The summed E-state index contributed by atoms with van der Waals surface area (Å²) < 4.78 is 13.4. The van der Waals surface area contributed by atoms with Gasteiger partial charge in [-0.05, 0) is 37.6 Å². The van der Waals surface area contributed by atoms with Crippen LogP contribution in [0.4, 0.5) is 10.1 Å². The lowest BCUT2D eigenvalue weighted by atomic mass is 10.0. The highest BCUT2D eigenvalue weighted by molar-refractivity contribution is 5.56. The molecular formula is C15H19FN2. The fourth-order valence-corrected chi connectivity index (χ4v) is 2.34. The van der Waals surface area contributed by atoms with Crippen molar-refractivity contribution >= 4 is 5.69 Å². The zero-order valence-corrected chi connectivity index (χ0v) is 10.7. The number of para-hydroxylation sites is 1. The van der Waals surface area contributed by atoms with E-state index < -0.39 is 0 Å². The molecule has 96 valence electrons. The van der Waals surface area contributed by atoms with Crippen molar-refractivity contribution in [2.45, 2.75) is 19.8 Å². The number of nitrogens with one attached hydrogen (secondary N) is 1. The van der Waals surface area contributed by atoms with Gasteiger partial charge in [-0.25, -0.2) is 4.39 Å². The molecule has 3 heteroatoms. The Labute approximate surface area is 108 Å². The minimum absolute atomic E-state index is 0.182. The number of hydrogen-bond acceptors (Lipinski definition) is 2. The minimum Gasteiger partial charge on any atom is -0.365 e. The summed E-state index contributed by atoms with van der Waals surface area (Å²) in [6.07, 6.45) is 3.74. The van der Waals surface area contributed by atoms with Crippen LogP contribution in [-0.2, 0) is 6.42 Å². The van der Waals surface area contributed by atoms with E-state index in [2.05, 4.69) is 35.0 Å². The van der Waals surface area contributed by atoms with E-state index in [0.717, 1.165) is 19.4 Å². The van der Waals surface area contributed by atoms with Gasteiger partial charge in [0.05, 0.1) is 12.2 Å². The van der Waals surface area contributed by atoms with Gasteiger partial charge in [0.25, 0.3) is 0 Å². The molecule has 1 aliphatic heterocycles. The van der Waals surface area contributed by atoms with E-state index in [0.29, 0.717) is 12.2 Å². The molecule has 0 bridgehead atoms. The number of allylic oxidation sites excluding steroid dienone is 1. The van der Waals surface area contributed by atoms with Crippen molar-refractivity contribution in [3.8, 4) is 0 Å². The Morgan fingerprint density at radius 3 is 3.00 bits per heavy atom. The molecule has 0 aliphatic carbocycles. The Morgan fingerprint density at radius 1 is 1.50 bits per heavy atom. The lowest BCUT2D eigenvalue weighted by molar-refractivity contribution is 0.603. The third kappa shape index (κ3) is 2.73. The van der Waals surface area contributed by atoms with Gasteiger partial charge in [0.1, 0.15) is 5.83 Å². The average molecular weight is 246 g/mol. The zero-order valence-electron chi connectivity index (χ0n) is 10.7. The third-order valence-corrected chi connectivity index (χ3v) is 3.25. The topological polar surface area (TPSA) is 15.3 Å². The van der Waals surface area contributed by atoms with Gasteiger partial charge in [0.15, 0.2) is 0 Å². The molecule has 0 saturated heterocycles. The second kappa shape index (κ2) is 5.71. The second-order valence-electron chi connectivity index (χ2n) is 4.51. The fraction of sp³-hybridized carbons (Fsp3) is 0.333. The molecule has 0 amide bonds. The smallest absolute Gasteiger partial charge is 0.118 e. The lowest BCUT2D eigenvalue weighted by Crippen LogP contribution is -2.33. The minimum atomic E-state index is -0.182. The molecule has 0 aromatic heterocycles. The lowest BCUT2D eigenvalue weighted by Gasteiger charge is -2.32. The molecule has 0 saturated carbocycles. The Balaban J connectivity index is 2.21. The van der Waals surface area contributed by atoms with Gasteiger partial charge in [-0.1, -0.05) is 24.8 Å². The Morgan fingerprint density at radius 2 is 2.28 bits per heavy atom. The maximum Gasteiger partial charge on any atom is 0.118 e. The zero-order chi connectivity index (χ0) is 13.0. The summed E-state index contributed by atoms with van der Waals surface area (Å²) in [6, 6.07) is 8.34. The summed E-state index contributed by atoms with van der Waals surface area (Å²) in [5.41, 5.74) is 3.15. The van der Waals surface area contributed by atoms with Crippen LogP contribution in [0.2, 0.25) is 0 Å². The van der Waals surface area contributed by atoms with E-state index in [4.69, 9.17) is 0 Å². The summed E-state index contributed by atoms with van der Waals surface area (Å²) in [5, 5.41) is 2.89. The van der Waals surface area contributed by atoms with Crippen molar-refractivity contribution in [2.24, 2.45) is 0 Å². The third-order valence-electron chi connectivity index (χ3n) is 3.25. The van der Waals surface area contributed by atoms with Crippen LogP contribution in [0, 0.1) is 0 Å². The van der Waals surface area contributed by atoms with E-state index in [1.165, 1.54) is 24.4 Å². The van der Waals surface area contributed by atoms with Crippen molar-refractivity contribution in [3.05, 3.63) is 54.1 Å². The van der Waals surface area contributed by atoms with Gasteiger partial charge in [-0.3, -0.25) is 0 Å². The van der Waals surface area contributed by atoms with Crippen molar-refractivity contribution in [2.75, 3.05) is 18.0 Å². The maximum atomic E-state index is 13.4. The molecule has 2 nitrogen and oxygen atoms in total. The van der Waals surface area contributed by atoms with Crippen molar-refractivity contribution in [3.63, 3.8) is 0 Å². The average Bonchev–Trinajstić information content (AvgIpc) is 2.38. The standard InChI is InChI=1S/C15H19FN2/c1-3-17-14(12(2)16)11-18-10-6-8-13-7-4-5-9-15(13)18/h3-5,7,9,17H,1,6,8,10-11H2,2H3/b14-12+. The molecular weight excluding hydrogens is 227 g/mol. The molecule has 1 N–H and O–H groups in total. The summed E-state index contributed by atoms with van der Waals surface area (Å²) >= 11 is 0. The Hall–Kier alpha value is -1.77.